The van der Waals surface area contributed by atoms with Crippen molar-refractivity contribution in [3.63, 3.8) is 0 Å². The Hall–Kier alpha value is -2.59. The average molecular weight is 302 g/mol. The lowest BCUT2D eigenvalue weighted by Gasteiger charge is -2.06. The van der Waals surface area contributed by atoms with E-state index in [0.29, 0.717) is 0 Å². The number of carboxylic acids is 1. The number of rotatable bonds is 4. The van der Waals surface area contributed by atoms with E-state index in [9.17, 15) is 9.59 Å². The summed E-state index contributed by atoms with van der Waals surface area (Å²) >= 11 is 5.93. The topological polar surface area (TPSA) is 66.4 Å². The van der Waals surface area contributed by atoms with Crippen LogP contribution in [0.15, 0.2) is 54.6 Å². The number of carbonyl (C=O) groups excluding carboxylic acids is 1. The smallest absolute Gasteiger partial charge is 0.335 e. The number of anilines is 1. The largest absolute Gasteiger partial charge is 0.478 e. The summed E-state index contributed by atoms with van der Waals surface area (Å²) in [5.74, 6) is -1.47. The van der Waals surface area contributed by atoms with Gasteiger partial charge in [-0.25, -0.2) is 4.79 Å². The van der Waals surface area contributed by atoms with Crippen molar-refractivity contribution in [3.8, 4) is 0 Å². The van der Waals surface area contributed by atoms with Crippen molar-refractivity contribution in [1.29, 1.82) is 0 Å². The van der Waals surface area contributed by atoms with Crippen LogP contribution in [-0.4, -0.2) is 17.0 Å². The zero-order chi connectivity index (χ0) is 15.2. The summed E-state index contributed by atoms with van der Waals surface area (Å²) in [7, 11) is 0. The second kappa shape index (κ2) is 6.72. The van der Waals surface area contributed by atoms with E-state index in [-0.39, 0.29) is 22.2 Å². The first-order valence-electron chi connectivity index (χ1n) is 6.13. The van der Waals surface area contributed by atoms with Crippen LogP contribution in [0.25, 0.3) is 6.08 Å². The van der Waals surface area contributed by atoms with Gasteiger partial charge < -0.3 is 10.4 Å². The van der Waals surface area contributed by atoms with E-state index in [0.717, 1.165) is 5.56 Å². The standard InChI is InChI=1S/C16H12ClNO3/c17-13-8-7-12(16(20)21)10-14(13)18-15(19)9-6-11-4-2-1-3-5-11/h1-10H,(H,18,19)(H,20,21). The molecule has 0 saturated heterocycles. The predicted octanol–water partition coefficient (Wildman–Crippen LogP) is 3.69. The molecule has 2 aromatic carbocycles. The maximum Gasteiger partial charge on any atom is 0.335 e. The number of carbonyl (C=O) groups is 2. The van der Waals surface area contributed by atoms with E-state index < -0.39 is 5.97 Å². The SMILES string of the molecule is O=C(C=Cc1ccccc1)Nc1cc(C(=O)O)ccc1Cl. The zero-order valence-electron chi connectivity index (χ0n) is 10.9. The average Bonchev–Trinajstić information content (AvgIpc) is 2.48. The van der Waals surface area contributed by atoms with Crippen molar-refractivity contribution in [2.45, 2.75) is 0 Å². The van der Waals surface area contributed by atoms with E-state index in [2.05, 4.69) is 5.32 Å². The number of hydrogen-bond donors (Lipinski definition) is 2. The van der Waals surface area contributed by atoms with Gasteiger partial charge in [0.2, 0.25) is 5.91 Å². The Morgan fingerprint density at radius 3 is 2.48 bits per heavy atom. The zero-order valence-corrected chi connectivity index (χ0v) is 11.7. The van der Waals surface area contributed by atoms with Crippen molar-refractivity contribution in [2.75, 3.05) is 5.32 Å². The highest BCUT2D eigenvalue weighted by Crippen LogP contribution is 2.23. The summed E-state index contributed by atoms with van der Waals surface area (Å²) in [6.45, 7) is 0. The van der Waals surface area contributed by atoms with Crippen LogP contribution < -0.4 is 5.32 Å². The van der Waals surface area contributed by atoms with Crippen LogP contribution in [0, 0.1) is 0 Å². The first-order chi connectivity index (χ1) is 10.1. The van der Waals surface area contributed by atoms with Gasteiger partial charge in [0.15, 0.2) is 0 Å². The minimum Gasteiger partial charge on any atom is -0.478 e. The fourth-order valence-electron chi connectivity index (χ4n) is 1.66. The third-order valence-corrected chi connectivity index (χ3v) is 3.03. The molecule has 4 nitrogen and oxygen atoms in total. The summed E-state index contributed by atoms with van der Waals surface area (Å²) in [6.07, 6.45) is 3.02. The number of benzene rings is 2. The second-order valence-electron chi connectivity index (χ2n) is 4.23. The minimum atomic E-state index is -1.08. The molecule has 0 aliphatic heterocycles. The number of halogens is 1. The van der Waals surface area contributed by atoms with E-state index in [1.807, 2.05) is 30.3 Å². The number of amides is 1. The van der Waals surface area contributed by atoms with Gasteiger partial charge in [0.1, 0.15) is 0 Å². The fraction of sp³-hybridized carbons (Fsp3) is 0. The number of hydrogen-bond acceptors (Lipinski definition) is 2. The lowest BCUT2D eigenvalue weighted by Crippen LogP contribution is -2.09. The van der Waals surface area contributed by atoms with Gasteiger partial charge in [-0.1, -0.05) is 41.9 Å². The van der Waals surface area contributed by atoms with Crippen LogP contribution >= 0.6 is 11.6 Å². The Bertz CT molecular complexity index is 696. The molecular formula is C16H12ClNO3. The number of carboxylic acid groups (broad SMARTS) is 1. The lowest BCUT2D eigenvalue weighted by atomic mass is 10.2. The maximum atomic E-state index is 11.8. The molecule has 0 heterocycles. The highest BCUT2D eigenvalue weighted by atomic mass is 35.5. The Kier molecular flexibility index (Phi) is 4.74. The van der Waals surface area contributed by atoms with E-state index in [1.165, 1.54) is 24.3 Å². The molecule has 21 heavy (non-hydrogen) atoms. The van der Waals surface area contributed by atoms with E-state index >= 15 is 0 Å². The molecular weight excluding hydrogens is 290 g/mol. The van der Waals surface area contributed by atoms with Gasteiger partial charge in [-0.3, -0.25) is 4.79 Å². The third-order valence-electron chi connectivity index (χ3n) is 2.70. The highest BCUT2D eigenvalue weighted by Gasteiger charge is 2.08. The van der Waals surface area contributed by atoms with Gasteiger partial charge >= 0.3 is 5.97 Å². The molecule has 0 aromatic heterocycles. The Labute approximate surface area is 126 Å². The van der Waals surface area contributed by atoms with Crippen molar-refractivity contribution in [2.24, 2.45) is 0 Å². The molecule has 0 bridgehead atoms. The molecule has 0 saturated carbocycles. The summed E-state index contributed by atoms with van der Waals surface area (Å²) in [5, 5.41) is 11.8. The van der Waals surface area contributed by atoms with Crippen LogP contribution in [0.3, 0.4) is 0 Å². The van der Waals surface area contributed by atoms with Crippen LogP contribution in [0.4, 0.5) is 5.69 Å². The van der Waals surface area contributed by atoms with Crippen LogP contribution in [0.2, 0.25) is 5.02 Å². The molecule has 5 heteroatoms. The first-order valence-corrected chi connectivity index (χ1v) is 6.51. The minimum absolute atomic E-state index is 0.0572. The van der Waals surface area contributed by atoms with Crippen molar-refractivity contribution in [3.05, 3.63) is 70.8 Å². The fourth-order valence-corrected chi connectivity index (χ4v) is 1.83. The summed E-state index contributed by atoms with van der Waals surface area (Å²) in [6, 6.07) is 13.5. The summed E-state index contributed by atoms with van der Waals surface area (Å²) < 4.78 is 0. The van der Waals surface area contributed by atoms with Crippen LogP contribution in [-0.2, 0) is 4.79 Å². The van der Waals surface area contributed by atoms with Gasteiger partial charge in [-0.2, -0.15) is 0 Å². The lowest BCUT2D eigenvalue weighted by molar-refractivity contribution is -0.111. The molecule has 0 aliphatic carbocycles. The summed E-state index contributed by atoms with van der Waals surface area (Å²) in [5.41, 5.74) is 1.21. The van der Waals surface area contributed by atoms with Crippen molar-refractivity contribution in [1.82, 2.24) is 0 Å². The predicted molar refractivity (Wildman–Crippen MR) is 82.5 cm³/mol. The molecule has 1 amide bonds. The van der Waals surface area contributed by atoms with Gasteiger partial charge in [-0.05, 0) is 29.8 Å². The van der Waals surface area contributed by atoms with Crippen LogP contribution in [0.1, 0.15) is 15.9 Å². The number of nitrogens with one attached hydrogen (secondary N) is 1. The van der Waals surface area contributed by atoms with Crippen molar-refractivity contribution >= 4 is 35.2 Å². The third kappa shape index (κ3) is 4.19. The van der Waals surface area contributed by atoms with Gasteiger partial charge in [-0.15, -0.1) is 0 Å². The molecule has 0 aliphatic rings. The molecule has 0 spiro atoms. The van der Waals surface area contributed by atoms with E-state index in [1.54, 1.807) is 6.08 Å². The molecule has 2 N–H and O–H groups in total. The summed E-state index contributed by atoms with van der Waals surface area (Å²) in [4.78, 5) is 22.7. The van der Waals surface area contributed by atoms with Crippen LogP contribution in [0.5, 0.6) is 0 Å². The normalized spacial score (nSPS) is 10.5. The van der Waals surface area contributed by atoms with Gasteiger partial charge in [0, 0.05) is 6.08 Å². The molecule has 0 radical (unpaired) electrons. The van der Waals surface area contributed by atoms with Gasteiger partial charge in [0.05, 0.1) is 16.3 Å². The Morgan fingerprint density at radius 1 is 1.10 bits per heavy atom. The second-order valence-corrected chi connectivity index (χ2v) is 4.64. The molecule has 2 rings (SSSR count). The molecule has 2 aromatic rings. The maximum absolute atomic E-state index is 11.8. The Morgan fingerprint density at radius 2 is 1.81 bits per heavy atom. The Balaban J connectivity index is 2.11. The van der Waals surface area contributed by atoms with Crippen molar-refractivity contribution < 1.29 is 14.7 Å². The molecule has 106 valence electrons. The monoisotopic (exact) mass is 301 g/mol. The quantitative estimate of drug-likeness (QED) is 0.846. The highest BCUT2D eigenvalue weighted by molar-refractivity contribution is 6.34. The van der Waals surface area contributed by atoms with Gasteiger partial charge in [0.25, 0.3) is 0 Å². The first kappa shape index (κ1) is 14.8. The molecule has 0 atom stereocenters. The molecule has 0 fully saturated rings. The number of aromatic carboxylic acids is 1. The molecule has 0 unspecified atom stereocenters. The van der Waals surface area contributed by atoms with E-state index in [4.69, 9.17) is 16.7 Å².